The Morgan fingerprint density at radius 1 is 1.33 bits per heavy atom. The Balaban J connectivity index is 2.41. The maximum Gasteiger partial charge on any atom is 0.251 e. The fourth-order valence-corrected chi connectivity index (χ4v) is 1.75. The first-order chi connectivity index (χ1) is 8.67. The molecular formula is C14H20BrNO2. The average Bonchev–Trinajstić information content (AvgIpc) is 2.39. The van der Waals surface area contributed by atoms with Crippen molar-refractivity contribution in [1.82, 2.24) is 5.32 Å². The van der Waals surface area contributed by atoms with Gasteiger partial charge in [0.2, 0.25) is 0 Å². The van der Waals surface area contributed by atoms with Crippen LogP contribution in [0.1, 0.15) is 37.0 Å². The molecule has 0 aromatic heterocycles. The highest BCUT2D eigenvalue weighted by atomic mass is 79.9. The normalized spacial score (nSPS) is 11.9. The summed E-state index contributed by atoms with van der Waals surface area (Å²) >= 11 is 3.54. The highest BCUT2D eigenvalue weighted by Crippen LogP contribution is 2.12. The van der Waals surface area contributed by atoms with E-state index >= 15 is 0 Å². The summed E-state index contributed by atoms with van der Waals surface area (Å²) in [5.74, 6) is 0.759. The second-order valence-electron chi connectivity index (χ2n) is 4.01. The van der Waals surface area contributed by atoms with Crippen molar-refractivity contribution in [3.8, 4) is 5.75 Å². The minimum Gasteiger partial charge on any atom is -0.494 e. The largest absolute Gasteiger partial charge is 0.494 e. The Kier molecular flexibility index (Phi) is 6.80. The van der Waals surface area contributed by atoms with Crippen LogP contribution in [0.4, 0.5) is 0 Å². The van der Waals surface area contributed by atoms with Crippen molar-refractivity contribution in [2.45, 2.75) is 31.5 Å². The van der Waals surface area contributed by atoms with Crippen molar-refractivity contribution in [2.75, 3.05) is 13.2 Å². The van der Waals surface area contributed by atoms with Crippen molar-refractivity contribution in [3.05, 3.63) is 29.8 Å². The Bertz CT molecular complexity index is 365. The molecule has 18 heavy (non-hydrogen) atoms. The molecule has 1 rings (SSSR count). The number of halogens is 1. The Morgan fingerprint density at radius 2 is 2.00 bits per heavy atom. The second kappa shape index (κ2) is 8.14. The number of carbonyl (C=O) groups is 1. The molecular weight excluding hydrogens is 294 g/mol. The van der Waals surface area contributed by atoms with Gasteiger partial charge in [-0.25, -0.2) is 0 Å². The molecule has 0 fully saturated rings. The number of alkyl halides is 1. The van der Waals surface area contributed by atoms with Gasteiger partial charge < -0.3 is 10.1 Å². The van der Waals surface area contributed by atoms with E-state index in [1.165, 1.54) is 0 Å². The zero-order valence-electron chi connectivity index (χ0n) is 10.9. The maximum absolute atomic E-state index is 11.8. The van der Waals surface area contributed by atoms with Gasteiger partial charge in [0, 0.05) is 16.9 Å². The topological polar surface area (TPSA) is 38.3 Å². The van der Waals surface area contributed by atoms with E-state index in [0.29, 0.717) is 23.5 Å². The monoisotopic (exact) mass is 313 g/mol. The van der Waals surface area contributed by atoms with Crippen LogP contribution in [-0.4, -0.2) is 23.9 Å². The van der Waals surface area contributed by atoms with E-state index in [0.717, 1.165) is 18.6 Å². The first kappa shape index (κ1) is 15.0. The quantitative estimate of drug-likeness (QED) is 0.784. The maximum atomic E-state index is 11.8. The van der Waals surface area contributed by atoms with Gasteiger partial charge in [0.25, 0.3) is 5.91 Å². The predicted molar refractivity (Wildman–Crippen MR) is 77.6 cm³/mol. The molecule has 1 atom stereocenters. The van der Waals surface area contributed by atoms with Gasteiger partial charge in [-0.1, -0.05) is 22.9 Å². The van der Waals surface area contributed by atoms with Gasteiger partial charge in [0.15, 0.2) is 0 Å². The standard InChI is InChI=1S/C14H20BrNO2/c1-3-12(15)9-10-16-14(17)11-5-7-13(8-6-11)18-4-2/h5-8,12H,3-4,9-10H2,1-2H3,(H,16,17). The Morgan fingerprint density at radius 3 is 2.56 bits per heavy atom. The molecule has 0 aliphatic heterocycles. The lowest BCUT2D eigenvalue weighted by Gasteiger charge is -2.09. The summed E-state index contributed by atoms with van der Waals surface area (Å²) < 4.78 is 5.33. The second-order valence-corrected chi connectivity index (χ2v) is 5.30. The third kappa shape index (κ3) is 5.08. The van der Waals surface area contributed by atoms with Crippen molar-refractivity contribution < 1.29 is 9.53 Å². The zero-order valence-corrected chi connectivity index (χ0v) is 12.5. The minimum absolute atomic E-state index is 0.0335. The van der Waals surface area contributed by atoms with Crippen LogP contribution >= 0.6 is 15.9 Å². The summed E-state index contributed by atoms with van der Waals surface area (Å²) in [5, 5.41) is 2.91. The number of carbonyl (C=O) groups excluding carboxylic acids is 1. The van der Waals surface area contributed by atoms with Gasteiger partial charge in [-0.05, 0) is 44.0 Å². The van der Waals surface area contributed by atoms with Crippen LogP contribution in [0.2, 0.25) is 0 Å². The molecule has 0 aliphatic carbocycles. The van der Waals surface area contributed by atoms with E-state index in [4.69, 9.17) is 4.74 Å². The van der Waals surface area contributed by atoms with Gasteiger partial charge in [0.05, 0.1) is 6.61 Å². The van der Waals surface area contributed by atoms with E-state index < -0.39 is 0 Å². The first-order valence-corrected chi connectivity index (χ1v) is 7.24. The summed E-state index contributed by atoms with van der Waals surface area (Å²) in [6.45, 7) is 5.38. The SMILES string of the molecule is CCOc1ccc(C(=O)NCCC(Br)CC)cc1. The molecule has 1 N–H and O–H groups in total. The van der Waals surface area contributed by atoms with Gasteiger partial charge in [-0.3, -0.25) is 4.79 Å². The van der Waals surface area contributed by atoms with E-state index in [2.05, 4.69) is 28.2 Å². The molecule has 1 unspecified atom stereocenters. The lowest BCUT2D eigenvalue weighted by atomic mass is 10.2. The van der Waals surface area contributed by atoms with Crippen molar-refractivity contribution in [2.24, 2.45) is 0 Å². The summed E-state index contributed by atoms with van der Waals surface area (Å²) in [4.78, 5) is 12.3. The van der Waals surface area contributed by atoms with E-state index in [-0.39, 0.29) is 5.91 Å². The smallest absolute Gasteiger partial charge is 0.251 e. The predicted octanol–water partition coefficient (Wildman–Crippen LogP) is 3.38. The van der Waals surface area contributed by atoms with Gasteiger partial charge in [-0.2, -0.15) is 0 Å². The van der Waals surface area contributed by atoms with Crippen LogP contribution in [-0.2, 0) is 0 Å². The third-order valence-electron chi connectivity index (χ3n) is 2.61. The summed E-state index contributed by atoms with van der Waals surface area (Å²) in [6.07, 6.45) is 2.01. The molecule has 0 spiro atoms. The van der Waals surface area contributed by atoms with Crippen LogP contribution in [0.5, 0.6) is 5.75 Å². The average molecular weight is 314 g/mol. The lowest BCUT2D eigenvalue weighted by molar-refractivity contribution is 0.0953. The summed E-state index contributed by atoms with van der Waals surface area (Å²) in [5.41, 5.74) is 0.668. The van der Waals surface area contributed by atoms with Crippen molar-refractivity contribution >= 4 is 21.8 Å². The highest BCUT2D eigenvalue weighted by molar-refractivity contribution is 9.09. The number of ether oxygens (including phenoxy) is 1. The number of hydrogen-bond donors (Lipinski definition) is 1. The van der Waals surface area contributed by atoms with Crippen LogP contribution in [0.15, 0.2) is 24.3 Å². The molecule has 0 aliphatic rings. The molecule has 100 valence electrons. The minimum atomic E-state index is -0.0335. The summed E-state index contributed by atoms with van der Waals surface area (Å²) in [7, 11) is 0. The number of benzene rings is 1. The number of nitrogens with one attached hydrogen (secondary N) is 1. The zero-order chi connectivity index (χ0) is 13.4. The number of amides is 1. The highest BCUT2D eigenvalue weighted by Gasteiger charge is 2.06. The molecule has 1 aromatic rings. The first-order valence-electron chi connectivity index (χ1n) is 6.32. The van der Waals surface area contributed by atoms with E-state index in [1.807, 2.05) is 19.1 Å². The van der Waals surface area contributed by atoms with Crippen molar-refractivity contribution in [3.63, 3.8) is 0 Å². The molecule has 1 amide bonds. The Hall–Kier alpha value is -1.03. The molecule has 0 saturated heterocycles. The van der Waals surface area contributed by atoms with Gasteiger partial charge in [-0.15, -0.1) is 0 Å². The molecule has 0 saturated carbocycles. The van der Waals surface area contributed by atoms with Crippen LogP contribution in [0.3, 0.4) is 0 Å². The molecule has 0 heterocycles. The van der Waals surface area contributed by atoms with E-state index in [1.54, 1.807) is 12.1 Å². The fourth-order valence-electron chi connectivity index (χ4n) is 1.52. The van der Waals surface area contributed by atoms with Gasteiger partial charge in [0.1, 0.15) is 5.75 Å². The molecule has 0 radical (unpaired) electrons. The lowest BCUT2D eigenvalue weighted by Crippen LogP contribution is -2.25. The van der Waals surface area contributed by atoms with Crippen LogP contribution < -0.4 is 10.1 Å². The summed E-state index contributed by atoms with van der Waals surface area (Å²) in [6, 6.07) is 7.20. The van der Waals surface area contributed by atoms with Gasteiger partial charge >= 0.3 is 0 Å². The molecule has 1 aromatic carbocycles. The molecule has 3 nitrogen and oxygen atoms in total. The van der Waals surface area contributed by atoms with Crippen molar-refractivity contribution in [1.29, 1.82) is 0 Å². The van der Waals surface area contributed by atoms with Crippen LogP contribution in [0.25, 0.3) is 0 Å². The van der Waals surface area contributed by atoms with Crippen LogP contribution in [0, 0.1) is 0 Å². The van der Waals surface area contributed by atoms with E-state index in [9.17, 15) is 4.79 Å². The third-order valence-corrected chi connectivity index (χ3v) is 3.72. The number of hydrogen-bond acceptors (Lipinski definition) is 2. The Labute approximate surface area is 117 Å². The molecule has 4 heteroatoms. The fraction of sp³-hybridized carbons (Fsp3) is 0.500. The number of rotatable bonds is 7. The molecule has 0 bridgehead atoms.